The summed E-state index contributed by atoms with van der Waals surface area (Å²) in [5, 5.41) is 8.22. The third kappa shape index (κ3) is 14.8. The number of hydrogen-bond acceptors (Lipinski definition) is 11. The van der Waals surface area contributed by atoms with Gasteiger partial charge in [-0.15, -0.1) is 0 Å². The molecule has 378 valence electrons. The number of rotatable bonds is 27. The van der Waals surface area contributed by atoms with Crippen LogP contribution in [-0.2, 0) is 44.7 Å². The van der Waals surface area contributed by atoms with Crippen LogP contribution in [0.15, 0.2) is 30.5 Å². The van der Waals surface area contributed by atoms with Crippen molar-refractivity contribution >= 4 is 40.4 Å². The molecule has 9 atom stereocenters. The van der Waals surface area contributed by atoms with Crippen molar-refractivity contribution in [3.05, 3.63) is 36.0 Å². The molecule has 0 spiro atoms. The summed E-state index contributed by atoms with van der Waals surface area (Å²) in [6.45, 7) is 16.7. The van der Waals surface area contributed by atoms with Gasteiger partial charge in [0.25, 0.3) is 5.91 Å². The molecule has 0 unspecified atom stereocenters. The number of nitrogens with two attached hydrogens (primary N) is 1. The number of benzene rings is 1. The second kappa shape index (κ2) is 27.3. The van der Waals surface area contributed by atoms with Crippen LogP contribution in [0.4, 0.5) is 0 Å². The van der Waals surface area contributed by atoms with Crippen LogP contribution < -0.4 is 16.4 Å². The normalized spacial score (nSPS) is 19.4. The Hall–Kier alpha value is -3.93. The number of methoxy groups -OCH3 is 2. The lowest BCUT2D eigenvalue weighted by Gasteiger charge is -2.43. The standard InChI is InChI=1S/C51H86N8O8/c1-12-35(6)46(57(9)45(34(4)5)50(63)55-49(62)44(33(2)3)56(8)26-18-14-13-17-25-52)42(65-10)31-43(60)58-27-21-24-41(58)47(66-11)36(7)48(61)54-40(51(64)59-28-19-20-29-67-59)30-37-32-53-39-23-16-15-22-38(37)39/h15-16,22-23,32-36,40-42,44-47,53H,12-14,17-21,24-31,52H2,1-11H3,(H,54,61)(H,55,62,63)/t35-,36+,40-,41-,42+,44-,45-,46-,47+/m0/s1. The molecule has 2 saturated heterocycles. The number of unbranched alkanes of at least 4 members (excludes halogenated alkanes) is 3. The summed E-state index contributed by atoms with van der Waals surface area (Å²) in [6.07, 6.45) is 8.73. The van der Waals surface area contributed by atoms with Crippen molar-refractivity contribution in [1.29, 1.82) is 0 Å². The van der Waals surface area contributed by atoms with E-state index in [9.17, 15) is 24.0 Å². The minimum absolute atomic E-state index is 0.0152. The number of carbonyl (C=O) groups excluding carboxylic acids is 5. The number of hydroxylamine groups is 2. The van der Waals surface area contributed by atoms with Gasteiger partial charge < -0.3 is 30.4 Å². The Balaban J connectivity index is 1.49. The Morgan fingerprint density at radius 3 is 2.19 bits per heavy atom. The highest BCUT2D eigenvalue weighted by molar-refractivity contribution is 6.00. The Morgan fingerprint density at radius 1 is 0.881 bits per heavy atom. The maximum atomic E-state index is 14.6. The van der Waals surface area contributed by atoms with Crippen LogP contribution in [0, 0.1) is 23.7 Å². The number of carbonyl (C=O) groups is 5. The average Bonchev–Trinajstić information content (AvgIpc) is 3.96. The summed E-state index contributed by atoms with van der Waals surface area (Å²) in [6, 6.07) is 5.05. The van der Waals surface area contributed by atoms with Gasteiger partial charge in [-0.25, -0.2) is 5.06 Å². The fourth-order valence-corrected chi connectivity index (χ4v) is 10.6. The highest BCUT2D eigenvalue weighted by Crippen LogP contribution is 2.31. The molecule has 2 aliphatic rings. The molecule has 2 aliphatic heterocycles. The predicted octanol–water partition coefficient (Wildman–Crippen LogP) is 5.29. The number of imide groups is 1. The third-order valence-electron chi connectivity index (χ3n) is 14.3. The number of hydrogen-bond donors (Lipinski definition) is 4. The van der Waals surface area contributed by atoms with E-state index in [1.165, 1.54) is 5.06 Å². The topological polar surface area (TPSA) is 192 Å². The molecular weight excluding hydrogens is 853 g/mol. The zero-order chi connectivity index (χ0) is 49.4. The van der Waals surface area contributed by atoms with Crippen LogP contribution in [0.5, 0.6) is 0 Å². The molecule has 16 heteroatoms. The molecule has 3 heterocycles. The summed E-state index contributed by atoms with van der Waals surface area (Å²) in [5.74, 6) is -2.37. The molecule has 0 radical (unpaired) electrons. The van der Waals surface area contributed by atoms with Gasteiger partial charge in [0.15, 0.2) is 0 Å². The molecule has 4 rings (SSSR count). The first kappa shape index (κ1) is 55.7. The van der Waals surface area contributed by atoms with Crippen molar-refractivity contribution in [3.63, 3.8) is 0 Å². The van der Waals surface area contributed by atoms with E-state index in [0.29, 0.717) is 32.7 Å². The maximum absolute atomic E-state index is 14.6. The van der Waals surface area contributed by atoms with Crippen molar-refractivity contribution < 1.29 is 38.3 Å². The minimum Gasteiger partial charge on any atom is -0.379 e. The van der Waals surface area contributed by atoms with E-state index in [-0.39, 0.29) is 66.2 Å². The summed E-state index contributed by atoms with van der Waals surface area (Å²) in [5.41, 5.74) is 7.52. The number of aromatic nitrogens is 1. The highest BCUT2D eigenvalue weighted by Gasteiger charge is 2.44. The van der Waals surface area contributed by atoms with Crippen LogP contribution in [0.1, 0.15) is 118 Å². The number of fused-ring (bicyclic) bond motifs is 1. The molecule has 0 aliphatic carbocycles. The van der Waals surface area contributed by atoms with Crippen molar-refractivity contribution in [2.45, 2.75) is 162 Å². The smallest absolute Gasteiger partial charge is 0.269 e. The first-order chi connectivity index (χ1) is 32.0. The molecule has 5 N–H and O–H groups in total. The Labute approximate surface area is 401 Å². The number of nitrogens with zero attached hydrogens (tertiary/aromatic N) is 4. The largest absolute Gasteiger partial charge is 0.379 e. The van der Waals surface area contributed by atoms with Crippen molar-refractivity contribution in [2.24, 2.45) is 29.4 Å². The van der Waals surface area contributed by atoms with E-state index in [1.807, 2.05) is 87.0 Å². The summed E-state index contributed by atoms with van der Waals surface area (Å²) < 4.78 is 12.3. The molecule has 5 amide bonds. The van der Waals surface area contributed by atoms with Crippen LogP contribution in [-0.4, -0.2) is 158 Å². The zero-order valence-corrected chi connectivity index (χ0v) is 42.7. The molecule has 2 fully saturated rings. The van der Waals surface area contributed by atoms with Crippen LogP contribution >= 0.6 is 0 Å². The Morgan fingerprint density at radius 2 is 1.57 bits per heavy atom. The number of likely N-dealkylation sites (N-methyl/N-ethyl adjacent to an activating group) is 2. The number of H-pyrrole nitrogens is 1. The highest BCUT2D eigenvalue weighted by atomic mass is 16.7. The van der Waals surface area contributed by atoms with Crippen molar-refractivity contribution in [3.8, 4) is 0 Å². The number of nitrogens with one attached hydrogen (secondary N) is 3. The van der Waals surface area contributed by atoms with E-state index >= 15 is 0 Å². The number of para-hydroxylation sites is 1. The SMILES string of the molecule is CC[C@H](C)[C@@H]([C@@H](CC(=O)N1CCC[C@H]1[C@H](OC)[C@@H](C)C(=O)N[C@@H](Cc1c[nH]c2ccccc12)C(=O)N1CCCCO1)OC)N(C)[C@H](C(=O)NC(=O)[C@H](C(C)C)N(C)CCCCCCN)C(C)C. The fourth-order valence-electron chi connectivity index (χ4n) is 10.6. The van der Waals surface area contributed by atoms with Gasteiger partial charge in [-0.1, -0.05) is 85.9 Å². The van der Waals surface area contributed by atoms with Gasteiger partial charge in [0.1, 0.15) is 6.04 Å². The van der Waals surface area contributed by atoms with Crippen molar-refractivity contribution in [2.75, 3.05) is 61.1 Å². The molecule has 16 nitrogen and oxygen atoms in total. The minimum atomic E-state index is -0.891. The Kier molecular flexibility index (Phi) is 22.7. The van der Waals surface area contributed by atoms with Gasteiger partial charge >= 0.3 is 0 Å². The Bertz CT molecular complexity index is 1870. The number of amides is 5. The molecule has 0 bridgehead atoms. The molecule has 67 heavy (non-hydrogen) atoms. The lowest BCUT2D eigenvalue weighted by Crippen LogP contribution is -2.60. The van der Waals surface area contributed by atoms with Gasteiger partial charge in [0.2, 0.25) is 23.6 Å². The van der Waals surface area contributed by atoms with E-state index in [4.69, 9.17) is 20.0 Å². The molecule has 1 aromatic carbocycles. The predicted molar refractivity (Wildman–Crippen MR) is 263 cm³/mol. The lowest BCUT2D eigenvalue weighted by atomic mass is 9.87. The summed E-state index contributed by atoms with van der Waals surface area (Å²) in [4.78, 5) is 85.9. The van der Waals surface area contributed by atoms with Gasteiger partial charge in [0.05, 0.1) is 49.3 Å². The average molecular weight is 939 g/mol. The zero-order valence-electron chi connectivity index (χ0n) is 42.7. The fraction of sp³-hybridized carbons (Fsp3) is 0.745. The summed E-state index contributed by atoms with van der Waals surface area (Å²) >= 11 is 0. The maximum Gasteiger partial charge on any atom is 0.269 e. The van der Waals surface area contributed by atoms with Gasteiger partial charge in [-0.05, 0) is 95.1 Å². The third-order valence-corrected chi connectivity index (χ3v) is 14.3. The van der Waals surface area contributed by atoms with E-state index in [1.54, 1.807) is 21.1 Å². The number of aromatic amines is 1. The molecule has 0 saturated carbocycles. The van der Waals surface area contributed by atoms with Crippen LogP contribution in [0.25, 0.3) is 10.9 Å². The van der Waals surface area contributed by atoms with Gasteiger partial charge in [0, 0.05) is 56.9 Å². The second-order valence-corrected chi connectivity index (χ2v) is 19.8. The first-order valence-corrected chi connectivity index (χ1v) is 25.1. The van der Waals surface area contributed by atoms with Crippen LogP contribution in [0.2, 0.25) is 0 Å². The number of likely N-dealkylation sites (tertiary alicyclic amines) is 1. The van der Waals surface area contributed by atoms with E-state index in [0.717, 1.165) is 74.4 Å². The first-order valence-electron chi connectivity index (χ1n) is 25.1. The molecular formula is C51H86N8O8. The molecule has 2 aromatic rings. The summed E-state index contributed by atoms with van der Waals surface area (Å²) in [7, 11) is 6.99. The monoisotopic (exact) mass is 939 g/mol. The van der Waals surface area contributed by atoms with E-state index in [2.05, 4.69) is 29.5 Å². The van der Waals surface area contributed by atoms with Gasteiger partial charge in [-0.3, -0.25) is 43.9 Å². The van der Waals surface area contributed by atoms with E-state index < -0.39 is 42.3 Å². The molecule has 1 aromatic heterocycles. The second-order valence-electron chi connectivity index (χ2n) is 19.8. The van der Waals surface area contributed by atoms with Crippen molar-refractivity contribution in [1.82, 2.24) is 35.4 Å². The van der Waals surface area contributed by atoms with Crippen LogP contribution in [0.3, 0.4) is 0 Å². The quantitative estimate of drug-likeness (QED) is 0.0853. The lowest BCUT2D eigenvalue weighted by molar-refractivity contribution is -0.199. The number of ether oxygens (including phenoxy) is 2. The van der Waals surface area contributed by atoms with Gasteiger partial charge in [-0.2, -0.15) is 0 Å².